The van der Waals surface area contributed by atoms with E-state index in [-0.39, 0.29) is 5.95 Å². The fourth-order valence-corrected chi connectivity index (χ4v) is 3.95. The highest BCUT2D eigenvalue weighted by Gasteiger charge is 2.26. The number of nitrogens with two attached hydrogens (primary N) is 1. The molecule has 0 radical (unpaired) electrons. The van der Waals surface area contributed by atoms with Crippen molar-refractivity contribution in [1.29, 1.82) is 0 Å². The summed E-state index contributed by atoms with van der Waals surface area (Å²) < 4.78 is 28.9. The van der Waals surface area contributed by atoms with Crippen LogP contribution in [0.25, 0.3) is 11.4 Å². The number of hydrogen-bond acceptors (Lipinski definition) is 11. The third-order valence-electron chi connectivity index (χ3n) is 5.09. The number of likely N-dealkylation sites (tertiary alicyclic amines) is 1. The third-order valence-corrected chi connectivity index (χ3v) is 5.49. The van der Waals surface area contributed by atoms with Crippen LogP contribution in [0.2, 0.25) is 0 Å². The van der Waals surface area contributed by atoms with Crippen molar-refractivity contribution in [3.05, 3.63) is 42.0 Å². The Kier molecular flexibility index (Phi) is 7.03. The first-order valence-corrected chi connectivity index (χ1v) is 11.3. The van der Waals surface area contributed by atoms with Gasteiger partial charge in [-0.2, -0.15) is 9.97 Å². The molecule has 0 bridgehead atoms. The highest BCUT2D eigenvalue weighted by atomic mass is 32.2. The van der Waals surface area contributed by atoms with Crippen LogP contribution < -0.4 is 20.5 Å². The van der Waals surface area contributed by atoms with Gasteiger partial charge in [0, 0.05) is 49.7 Å². The molecule has 4 rings (SSSR count). The summed E-state index contributed by atoms with van der Waals surface area (Å²) in [4.78, 5) is 23.8. The van der Waals surface area contributed by atoms with Gasteiger partial charge in [-0.15, -0.1) is 0 Å². The molecular weight excluding hydrogens is 446 g/mol. The lowest BCUT2D eigenvalue weighted by Crippen LogP contribution is -2.50. The number of rotatable bonds is 9. The molecule has 1 unspecified atom stereocenters. The molecule has 12 nitrogen and oxygen atoms in total. The summed E-state index contributed by atoms with van der Waals surface area (Å²) in [5.74, 6) is 2.42. The average Bonchev–Trinajstić information content (AvgIpc) is 2.75. The van der Waals surface area contributed by atoms with Gasteiger partial charge in [-0.25, -0.2) is 19.7 Å². The van der Waals surface area contributed by atoms with E-state index in [4.69, 9.17) is 10.5 Å². The molecule has 1 atom stereocenters. The van der Waals surface area contributed by atoms with E-state index in [1.165, 1.54) is 0 Å². The Hall–Kier alpha value is -3.26. The van der Waals surface area contributed by atoms with Crippen molar-refractivity contribution >= 4 is 28.7 Å². The molecule has 1 saturated heterocycles. The van der Waals surface area contributed by atoms with Gasteiger partial charge in [0.05, 0.1) is 24.6 Å². The maximum absolute atomic E-state index is 10.7. The predicted octanol–water partition coefficient (Wildman–Crippen LogP) is 0.787. The van der Waals surface area contributed by atoms with Gasteiger partial charge < -0.3 is 20.3 Å². The van der Waals surface area contributed by atoms with Crippen molar-refractivity contribution in [1.82, 2.24) is 34.5 Å². The number of nitrogen functional groups attached to an aromatic ring is 1. The van der Waals surface area contributed by atoms with Crippen molar-refractivity contribution in [2.75, 3.05) is 37.8 Å². The second-order valence-electron chi connectivity index (χ2n) is 7.66. The fraction of sp³-hybridized carbons (Fsp3) is 0.350. The van der Waals surface area contributed by atoms with Crippen LogP contribution in [-0.4, -0.2) is 65.3 Å². The van der Waals surface area contributed by atoms with E-state index < -0.39 is 11.3 Å². The molecule has 1 aliphatic heterocycles. The summed E-state index contributed by atoms with van der Waals surface area (Å²) in [5, 5.41) is 3.25. The van der Waals surface area contributed by atoms with Crippen molar-refractivity contribution in [2.45, 2.75) is 13.5 Å². The van der Waals surface area contributed by atoms with E-state index in [2.05, 4.69) is 39.9 Å². The van der Waals surface area contributed by atoms with E-state index in [0.29, 0.717) is 47.9 Å². The zero-order valence-electron chi connectivity index (χ0n) is 18.2. The number of nitrogens with zero attached hydrogens (tertiary/aromatic N) is 6. The molecule has 4 heterocycles. The first kappa shape index (κ1) is 22.9. The summed E-state index contributed by atoms with van der Waals surface area (Å²) >= 11 is -2.23. The van der Waals surface area contributed by atoms with Crippen LogP contribution in [0.4, 0.5) is 17.5 Å². The van der Waals surface area contributed by atoms with Crippen LogP contribution in [0.1, 0.15) is 11.4 Å². The Morgan fingerprint density at radius 3 is 2.73 bits per heavy atom. The lowest BCUT2D eigenvalue weighted by atomic mass is 9.99. The Morgan fingerprint density at radius 2 is 2.06 bits per heavy atom. The van der Waals surface area contributed by atoms with Crippen LogP contribution in [0.5, 0.6) is 5.88 Å². The summed E-state index contributed by atoms with van der Waals surface area (Å²) in [6, 6.07) is 5.55. The minimum absolute atomic E-state index is 0.133. The molecule has 174 valence electrons. The molecular formula is C20H24N9O3S-. The molecule has 33 heavy (non-hydrogen) atoms. The van der Waals surface area contributed by atoms with E-state index in [0.717, 1.165) is 24.3 Å². The van der Waals surface area contributed by atoms with Crippen LogP contribution in [0.3, 0.4) is 0 Å². The molecule has 1 aliphatic rings. The Morgan fingerprint density at radius 1 is 1.24 bits per heavy atom. The number of aryl methyl sites for hydroxylation is 1. The van der Waals surface area contributed by atoms with Gasteiger partial charge in [0.25, 0.3) is 0 Å². The zero-order valence-corrected chi connectivity index (χ0v) is 19.0. The van der Waals surface area contributed by atoms with Gasteiger partial charge in [-0.05, 0) is 30.5 Å². The SMILES string of the molecule is COc1ccc(Nc2ncc(CN3CC(CNS(=O)[O-])C3)cc2-c2nc(C)nc(N)n2)cn1. The lowest BCUT2D eigenvalue weighted by molar-refractivity contribution is 0.0953. The predicted molar refractivity (Wildman–Crippen MR) is 122 cm³/mol. The second kappa shape index (κ2) is 10.1. The van der Waals surface area contributed by atoms with Crippen LogP contribution in [0, 0.1) is 12.8 Å². The lowest BCUT2D eigenvalue weighted by Gasteiger charge is -2.39. The minimum atomic E-state index is -2.23. The monoisotopic (exact) mass is 470 g/mol. The molecule has 13 heteroatoms. The highest BCUT2D eigenvalue weighted by Crippen LogP contribution is 2.29. The van der Waals surface area contributed by atoms with Gasteiger partial charge in [0.15, 0.2) is 5.82 Å². The topological polar surface area (TPSA) is 167 Å². The van der Waals surface area contributed by atoms with Crippen molar-refractivity contribution in [2.24, 2.45) is 5.92 Å². The quantitative estimate of drug-likeness (QED) is 0.378. The number of pyridine rings is 2. The largest absolute Gasteiger partial charge is 0.760 e. The summed E-state index contributed by atoms with van der Waals surface area (Å²) in [6.07, 6.45) is 3.44. The molecule has 0 spiro atoms. The average molecular weight is 471 g/mol. The van der Waals surface area contributed by atoms with Gasteiger partial charge >= 0.3 is 0 Å². The van der Waals surface area contributed by atoms with Crippen LogP contribution in [-0.2, 0) is 17.8 Å². The number of methoxy groups -OCH3 is 1. The number of hydrogen-bond donors (Lipinski definition) is 3. The first-order chi connectivity index (χ1) is 15.9. The zero-order chi connectivity index (χ0) is 23.4. The Balaban J connectivity index is 1.55. The number of anilines is 3. The number of nitrogens with one attached hydrogen (secondary N) is 2. The van der Waals surface area contributed by atoms with Crippen molar-refractivity contribution in [3.8, 4) is 17.3 Å². The molecule has 3 aromatic rings. The van der Waals surface area contributed by atoms with Gasteiger partial charge in [-0.3, -0.25) is 9.11 Å². The van der Waals surface area contributed by atoms with E-state index >= 15 is 0 Å². The highest BCUT2D eigenvalue weighted by molar-refractivity contribution is 7.77. The second-order valence-corrected chi connectivity index (χ2v) is 8.42. The van der Waals surface area contributed by atoms with Gasteiger partial charge in [0.2, 0.25) is 11.8 Å². The van der Waals surface area contributed by atoms with Gasteiger partial charge in [-0.1, -0.05) is 0 Å². The Bertz CT molecular complexity index is 1120. The standard InChI is InChI=1S/C20H25N9O3S/c1-12-25-19(28-20(21)26-12)16-5-13(9-29-10-14(11-29)7-24-33(30)31)6-23-18(16)27-15-3-4-17(32-2)22-8-15/h3-6,8,14,24H,7,9-11H2,1-2H3,(H,23,27)(H,30,31)(H2,21,25,26,28)/p-1. The normalized spacial score (nSPS) is 15.1. The maximum atomic E-state index is 10.7. The minimum Gasteiger partial charge on any atom is -0.760 e. The van der Waals surface area contributed by atoms with E-state index in [1.807, 2.05) is 12.1 Å². The molecule has 0 aliphatic carbocycles. The molecule has 4 N–H and O–H groups in total. The Labute approximate surface area is 193 Å². The summed E-state index contributed by atoms with van der Waals surface area (Å²) in [7, 11) is 1.56. The fourth-order valence-electron chi connectivity index (χ4n) is 3.58. The van der Waals surface area contributed by atoms with E-state index in [1.54, 1.807) is 32.5 Å². The summed E-state index contributed by atoms with van der Waals surface area (Å²) in [5.41, 5.74) is 8.24. The molecule has 0 amide bonds. The molecule has 1 fully saturated rings. The van der Waals surface area contributed by atoms with Crippen LogP contribution in [0.15, 0.2) is 30.6 Å². The first-order valence-electron chi connectivity index (χ1n) is 10.2. The van der Waals surface area contributed by atoms with Crippen molar-refractivity contribution in [3.63, 3.8) is 0 Å². The molecule has 0 aromatic carbocycles. The molecule has 3 aromatic heterocycles. The number of ether oxygens (including phenoxy) is 1. The third kappa shape index (κ3) is 5.96. The molecule has 0 saturated carbocycles. The van der Waals surface area contributed by atoms with Crippen molar-refractivity contribution < 1.29 is 13.5 Å². The number of aromatic nitrogens is 5. The smallest absolute Gasteiger partial charge is 0.223 e. The maximum Gasteiger partial charge on any atom is 0.223 e. The van der Waals surface area contributed by atoms with Crippen LogP contribution >= 0.6 is 0 Å². The van der Waals surface area contributed by atoms with E-state index in [9.17, 15) is 8.76 Å². The van der Waals surface area contributed by atoms with Gasteiger partial charge in [0.1, 0.15) is 11.6 Å². The summed E-state index contributed by atoms with van der Waals surface area (Å²) in [6.45, 7) is 4.46.